The SMILES string of the molecule is CS(=O)(=O)N1CCc2ccc(NC(=O)NC3CCCC3)cc21. The second-order valence-corrected chi connectivity index (χ2v) is 7.92. The first-order valence-corrected chi connectivity index (χ1v) is 9.46. The van der Waals surface area contributed by atoms with Gasteiger partial charge in [-0.05, 0) is 37.0 Å². The molecule has 2 amide bonds. The Morgan fingerprint density at radius 1 is 1.27 bits per heavy atom. The van der Waals surface area contributed by atoms with Crippen molar-refractivity contribution in [1.29, 1.82) is 0 Å². The highest BCUT2D eigenvalue weighted by Gasteiger charge is 2.26. The third kappa shape index (κ3) is 3.19. The van der Waals surface area contributed by atoms with E-state index in [1.54, 1.807) is 6.07 Å². The zero-order chi connectivity index (χ0) is 15.7. The Morgan fingerprint density at radius 3 is 2.68 bits per heavy atom. The van der Waals surface area contributed by atoms with E-state index in [0.717, 1.165) is 31.2 Å². The molecule has 1 aromatic rings. The van der Waals surface area contributed by atoms with Gasteiger partial charge >= 0.3 is 6.03 Å². The Hall–Kier alpha value is -1.76. The molecule has 0 aromatic heterocycles. The van der Waals surface area contributed by atoms with Crippen LogP contribution in [-0.4, -0.2) is 33.3 Å². The van der Waals surface area contributed by atoms with Crippen LogP contribution < -0.4 is 14.9 Å². The lowest BCUT2D eigenvalue weighted by Gasteiger charge is -2.18. The van der Waals surface area contributed by atoms with E-state index in [9.17, 15) is 13.2 Å². The average molecular weight is 323 g/mol. The summed E-state index contributed by atoms with van der Waals surface area (Å²) in [4.78, 5) is 12.0. The molecule has 120 valence electrons. The topological polar surface area (TPSA) is 78.5 Å². The minimum Gasteiger partial charge on any atom is -0.335 e. The summed E-state index contributed by atoms with van der Waals surface area (Å²) in [7, 11) is -3.27. The third-order valence-corrected chi connectivity index (χ3v) is 5.47. The molecular formula is C15H21N3O3S. The molecule has 2 aliphatic rings. The maximum absolute atomic E-state index is 12.0. The van der Waals surface area contributed by atoms with Gasteiger partial charge in [0.25, 0.3) is 0 Å². The lowest BCUT2D eigenvalue weighted by molar-refractivity contribution is 0.248. The zero-order valence-corrected chi connectivity index (χ0v) is 13.4. The first-order chi connectivity index (χ1) is 10.4. The van der Waals surface area contributed by atoms with Crippen molar-refractivity contribution in [2.24, 2.45) is 0 Å². The summed E-state index contributed by atoms with van der Waals surface area (Å²) < 4.78 is 25.0. The van der Waals surface area contributed by atoms with E-state index < -0.39 is 10.0 Å². The highest BCUT2D eigenvalue weighted by Crippen LogP contribution is 2.32. The molecule has 7 heteroatoms. The number of carbonyl (C=O) groups excluding carboxylic acids is 1. The van der Waals surface area contributed by atoms with Crippen molar-refractivity contribution in [3.8, 4) is 0 Å². The van der Waals surface area contributed by atoms with Crippen LogP contribution in [-0.2, 0) is 16.4 Å². The van der Waals surface area contributed by atoms with Crippen LogP contribution in [0, 0.1) is 0 Å². The van der Waals surface area contributed by atoms with E-state index in [4.69, 9.17) is 0 Å². The van der Waals surface area contributed by atoms with Gasteiger partial charge in [0.1, 0.15) is 0 Å². The molecule has 0 unspecified atom stereocenters. The monoisotopic (exact) mass is 323 g/mol. The number of hydrogen-bond donors (Lipinski definition) is 2. The molecular weight excluding hydrogens is 302 g/mol. The minimum atomic E-state index is -3.27. The van der Waals surface area contributed by atoms with Gasteiger partial charge in [0, 0.05) is 18.3 Å². The molecule has 0 bridgehead atoms. The number of amides is 2. The van der Waals surface area contributed by atoms with Crippen LogP contribution >= 0.6 is 0 Å². The van der Waals surface area contributed by atoms with Crippen molar-refractivity contribution in [3.63, 3.8) is 0 Å². The minimum absolute atomic E-state index is 0.226. The van der Waals surface area contributed by atoms with Crippen molar-refractivity contribution in [2.75, 3.05) is 22.4 Å². The van der Waals surface area contributed by atoms with Crippen LogP contribution in [0.1, 0.15) is 31.2 Å². The number of sulfonamides is 1. The van der Waals surface area contributed by atoms with Gasteiger partial charge in [-0.1, -0.05) is 18.9 Å². The highest BCUT2D eigenvalue weighted by molar-refractivity contribution is 7.92. The van der Waals surface area contributed by atoms with Gasteiger partial charge in [-0.15, -0.1) is 0 Å². The van der Waals surface area contributed by atoms with Crippen LogP contribution in [0.5, 0.6) is 0 Å². The maximum atomic E-state index is 12.0. The predicted octanol–water partition coefficient (Wildman–Crippen LogP) is 2.07. The number of benzene rings is 1. The van der Waals surface area contributed by atoms with Crippen LogP contribution in [0.3, 0.4) is 0 Å². The maximum Gasteiger partial charge on any atom is 0.319 e. The first-order valence-electron chi connectivity index (χ1n) is 7.61. The molecule has 1 aliphatic heterocycles. The normalized spacial score (nSPS) is 18.3. The molecule has 1 heterocycles. The Bertz CT molecular complexity index is 681. The lowest BCUT2D eigenvalue weighted by atomic mass is 10.1. The van der Waals surface area contributed by atoms with Crippen LogP contribution in [0.4, 0.5) is 16.2 Å². The fourth-order valence-corrected chi connectivity index (χ4v) is 4.15. The largest absolute Gasteiger partial charge is 0.335 e. The second-order valence-electron chi connectivity index (χ2n) is 6.01. The predicted molar refractivity (Wildman–Crippen MR) is 86.7 cm³/mol. The Kier molecular flexibility index (Phi) is 3.99. The van der Waals surface area contributed by atoms with Gasteiger partial charge in [-0.3, -0.25) is 4.31 Å². The number of anilines is 2. The Balaban J connectivity index is 1.72. The van der Waals surface area contributed by atoms with Crippen molar-refractivity contribution in [3.05, 3.63) is 23.8 Å². The fraction of sp³-hybridized carbons (Fsp3) is 0.533. The first kappa shape index (κ1) is 15.1. The second kappa shape index (κ2) is 5.79. The van der Waals surface area contributed by atoms with E-state index in [1.807, 2.05) is 12.1 Å². The Morgan fingerprint density at radius 2 is 2.00 bits per heavy atom. The fourth-order valence-electron chi connectivity index (χ4n) is 3.19. The third-order valence-electron chi connectivity index (χ3n) is 4.29. The van der Waals surface area contributed by atoms with Crippen molar-refractivity contribution >= 4 is 27.4 Å². The summed E-state index contributed by atoms with van der Waals surface area (Å²) in [5.74, 6) is 0. The van der Waals surface area contributed by atoms with Crippen LogP contribution in [0.2, 0.25) is 0 Å². The number of urea groups is 1. The van der Waals surface area contributed by atoms with Gasteiger partial charge in [0.15, 0.2) is 0 Å². The van der Waals surface area contributed by atoms with E-state index in [-0.39, 0.29) is 12.1 Å². The zero-order valence-electron chi connectivity index (χ0n) is 12.6. The summed E-state index contributed by atoms with van der Waals surface area (Å²) >= 11 is 0. The van der Waals surface area contributed by atoms with Gasteiger partial charge < -0.3 is 10.6 Å². The van der Waals surface area contributed by atoms with E-state index >= 15 is 0 Å². The van der Waals surface area contributed by atoms with E-state index in [2.05, 4.69) is 10.6 Å². The molecule has 0 spiro atoms. The molecule has 3 rings (SSSR count). The molecule has 1 aromatic carbocycles. The standard InChI is InChI=1S/C15H21N3O3S/c1-22(20,21)18-9-8-11-6-7-13(10-14(11)18)17-15(19)16-12-4-2-3-5-12/h6-7,10,12H,2-5,8-9H2,1H3,(H2,16,17,19). The van der Waals surface area contributed by atoms with Crippen LogP contribution in [0.25, 0.3) is 0 Å². The van der Waals surface area contributed by atoms with Crippen molar-refractivity contribution in [2.45, 2.75) is 38.1 Å². The summed E-state index contributed by atoms with van der Waals surface area (Å²) in [6.07, 6.45) is 6.28. The number of fused-ring (bicyclic) bond motifs is 1. The summed E-state index contributed by atoms with van der Waals surface area (Å²) in [6.45, 7) is 0.464. The van der Waals surface area contributed by atoms with Crippen molar-refractivity contribution < 1.29 is 13.2 Å². The molecule has 22 heavy (non-hydrogen) atoms. The number of nitrogens with zero attached hydrogens (tertiary/aromatic N) is 1. The number of hydrogen-bond acceptors (Lipinski definition) is 3. The lowest BCUT2D eigenvalue weighted by Crippen LogP contribution is -2.36. The van der Waals surface area contributed by atoms with Crippen molar-refractivity contribution in [1.82, 2.24) is 5.32 Å². The molecule has 2 N–H and O–H groups in total. The number of nitrogens with one attached hydrogen (secondary N) is 2. The quantitative estimate of drug-likeness (QED) is 0.894. The molecule has 1 saturated carbocycles. The average Bonchev–Trinajstić information content (AvgIpc) is 3.06. The molecule has 0 saturated heterocycles. The summed E-state index contributed by atoms with van der Waals surface area (Å²) in [5.41, 5.74) is 2.28. The smallest absolute Gasteiger partial charge is 0.319 e. The number of rotatable bonds is 3. The summed E-state index contributed by atoms with van der Waals surface area (Å²) in [5, 5.41) is 5.75. The van der Waals surface area contributed by atoms with Crippen LogP contribution in [0.15, 0.2) is 18.2 Å². The van der Waals surface area contributed by atoms with Gasteiger partial charge in [0.2, 0.25) is 10.0 Å². The van der Waals surface area contributed by atoms with E-state index in [1.165, 1.54) is 10.6 Å². The molecule has 0 atom stereocenters. The highest BCUT2D eigenvalue weighted by atomic mass is 32.2. The molecule has 1 fully saturated rings. The molecule has 0 radical (unpaired) electrons. The number of carbonyl (C=O) groups is 1. The Labute approximate surface area is 130 Å². The molecule has 1 aliphatic carbocycles. The summed E-state index contributed by atoms with van der Waals surface area (Å²) in [6, 6.07) is 5.46. The van der Waals surface area contributed by atoms with Gasteiger partial charge in [0.05, 0.1) is 11.9 Å². The van der Waals surface area contributed by atoms with Gasteiger partial charge in [-0.25, -0.2) is 13.2 Å². The van der Waals surface area contributed by atoms with E-state index in [0.29, 0.717) is 24.3 Å². The van der Waals surface area contributed by atoms with Gasteiger partial charge in [-0.2, -0.15) is 0 Å². The molecule has 6 nitrogen and oxygen atoms in total.